The van der Waals surface area contributed by atoms with Gasteiger partial charge < -0.3 is 9.32 Å². The highest BCUT2D eigenvalue weighted by atomic mass is 16.3. The number of benzene rings is 2. The second-order valence-corrected chi connectivity index (χ2v) is 6.73. The van der Waals surface area contributed by atoms with Crippen molar-refractivity contribution in [2.24, 2.45) is 0 Å². The first kappa shape index (κ1) is 17.8. The second kappa shape index (κ2) is 6.84. The Morgan fingerprint density at radius 3 is 2.64 bits per heavy atom. The van der Waals surface area contributed by atoms with Crippen LogP contribution in [0.4, 0.5) is 0 Å². The molecule has 0 aliphatic rings. The maximum Gasteiger partial charge on any atom is 0.329 e. The Kier molecular flexibility index (Phi) is 4.35. The van der Waals surface area contributed by atoms with Gasteiger partial charge in [0.05, 0.1) is 16.9 Å². The van der Waals surface area contributed by atoms with E-state index in [1.165, 1.54) is 9.47 Å². The van der Waals surface area contributed by atoms with E-state index in [0.29, 0.717) is 16.7 Å². The summed E-state index contributed by atoms with van der Waals surface area (Å²) in [4.78, 5) is 40.9. The molecule has 2 heterocycles. The molecule has 0 saturated carbocycles. The lowest BCUT2D eigenvalue weighted by molar-refractivity contribution is -0.132. The predicted molar refractivity (Wildman–Crippen MR) is 106 cm³/mol. The highest BCUT2D eigenvalue weighted by molar-refractivity contribution is 5.82. The van der Waals surface area contributed by atoms with Crippen molar-refractivity contribution in [3.05, 3.63) is 81.2 Å². The fraction of sp³-hybridized carbons (Fsp3) is 0.190. The summed E-state index contributed by atoms with van der Waals surface area (Å²) in [5, 5.41) is 1.33. The van der Waals surface area contributed by atoms with E-state index in [-0.39, 0.29) is 18.5 Å². The van der Waals surface area contributed by atoms with Crippen LogP contribution >= 0.6 is 0 Å². The molecule has 4 aromatic rings. The van der Waals surface area contributed by atoms with Crippen LogP contribution in [0.1, 0.15) is 18.7 Å². The van der Waals surface area contributed by atoms with Gasteiger partial charge in [-0.15, -0.1) is 0 Å². The topological polar surface area (TPSA) is 88.3 Å². The van der Waals surface area contributed by atoms with Gasteiger partial charge in [0.2, 0.25) is 5.91 Å². The lowest BCUT2D eigenvalue weighted by Crippen LogP contribution is -2.38. The van der Waals surface area contributed by atoms with E-state index < -0.39 is 11.2 Å². The summed E-state index contributed by atoms with van der Waals surface area (Å²) in [6, 6.07) is 15.9. The lowest BCUT2D eigenvalue weighted by atomic mass is 10.2. The first-order valence-corrected chi connectivity index (χ1v) is 8.91. The molecular formula is C21H19N3O4. The number of aromatic nitrogens is 2. The van der Waals surface area contributed by atoms with Crippen molar-refractivity contribution in [2.75, 3.05) is 7.05 Å². The van der Waals surface area contributed by atoms with E-state index in [1.54, 1.807) is 31.3 Å². The maximum absolute atomic E-state index is 12.9. The number of fused-ring (bicyclic) bond motifs is 2. The van der Waals surface area contributed by atoms with Gasteiger partial charge in [-0.1, -0.05) is 30.3 Å². The zero-order valence-corrected chi connectivity index (χ0v) is 15.5. The van der Waals surface area contributed by atoms with Crippen LogP contribution in [-0.2, 0) is 11.3 Å². The summed E-state index contributed by atoms with van der Waals surface area (Å²) in [7, 11) is 1.67. The zero-order valence-electron chi connectivity index (χ0n) is 15.5. The highest BCUT2D eigenvalue weighted by Crippen LogP contribution is 2.26. The SMILES string of the molecule is C[C@@H](c1cc2ccccc2o1)N(C)C(=O)Cn1c(=O)[nH]c(=O)c2ccccc21. The summed E-state index contributed by atoms with van der Waals surface area (Å²) in [5.74, 6) is 0.392. The summed E-state index contributed by atoms with van der Waals surface area (Å²) < 4.78 is 7.13. The molecular weight excluding hydrogens is 358 g/mol. The second-order valence-electron chi connectivity index (χ2n) is 6.73. The third-order valence-electron chi connectivity index (χ3n) is 5.03. The van der Waals surface area contributed by atoms with Crippen LogP contribution in [0.15, 0.2) is 68.6 Å². The quantitative estimate of drug-likeness (QED) is 0.592. The fourth-order valence-corrected chi connectivity index (χ4v) is 3.26. The predicted octanol–water partition coefficient (Wildman–Crippen LogP) is 2.66. The van der Waals surface area contributed by atoms with Crippen molar-refractivity contribution in [3.8, 4) is 0 Å². The van der Waals surface area contributed by atoms with Crippen molar-refractivity contribution in [2.45, 2.75) is 19.5 Å². The Labute approximate surface area is 159 Å². The largest absolute Gasteiger partial charge is 0.459 e. The van der Waals surface area contributed by atoms with Crippen molar-refractivity contribution < 1.29 is 9.21 Å². The summed E-state index contributed by atoms with van der Waals surface area (Å²) in [6.07, 6.45) is 0. The van der Waals surface area contributed by atoms with Crippen LogP contribution < -0.4 is 11.2 Å². The molecule has 0 spiro atoms. The third-order valence-corrected chi connectivity index (χ3v) is 5.03. The van der Waals surface area contributed by atoms with E-state index in [2.05, 4.69) is 4.98 Å². The van der Waals surface area contributed by atoms with E-state index >= 15 is 0 Å². The van der Waals surface area contributed by atoms with Crippen LogP contribution in [0.3, 0.4) is 0 Å². The molecule has 2 aromatic carbocycles. The molecule has 4 rings (SSSR count). The van der Waals surface area contributed by atoms with E-state index in [4.69, 9.17) is 4.42 Å². The summed E-state index contributed by atoms with van der Waals surface area (Å²) >= 11 is 0. The number of carbonyl (C=O) groups is 1. The first-order chi connectivity index (χ1) is 13.5. The van der Waals surface area contributed by atoms with Gasteiger partial charge in [-0.25, -0.2) is 4.79 Å². The van der Waals surface area contributed by atoms with Crippen molar-refractivity contribution in [3.63, 3.8) is 0 Å². The normalized spacial score (nSPS) is 12.4. The Hall–Kier alpha value is -3.61. The Morgan fingerprint density at radius 1 is 1.14 bits per heavy atom. The summed E-state index contributed by atoms with van der Waals surface area (Å²) in [5.41, 5.74) is 0.109. The molecule has 0 radical (unpaired) electrons. The minimum Gasteiger partial charge on any atom is -0.459 e. The molecule has 0 saturated heterocycles. The number of likely N-dealkylation sites (N-methyl/N-ethyl adjacent to an activating group) is 1. The molecule has 7 heteroatoms. The Balaban J connectivity index is 1.64. The Bertz CT molecular complexity index is 1270. The van der Waals surface area contributed by atoms with Crippen molar-refractivity contribution in [1.82, 2.24) is 14.5 Å². The average molecular weight is 377 g/mol. The third kappa shape index (κ3) is 3.00. The van der Waals surface area contributed by atoms with Crippen LogP contribution in [0.2, 0.25) is 0 Å². The lowest BCUT2D eigenvalue weighted by Gasteiger charge is -2.24. The number of para-hydroxylation sites is 2. The average Bonchev–Trinajstić information content (AvgIpc) is 3.14. The van der Waals surface area contributed by atoms with Gasteiger partial charge in [-0.05, 0) is 31.2 Å². The van der Waals surface area contributed by atoms with Crippen LogP contribution in [0.25, 0.3) is 21.9 Å². The molecule has 0 unspecified atom stereocenters. The molecule has 0 aliphatic carbocycles. The van der Waals surface area contributed by atoms with E-state index in [0.717, 1.165) is 11.0 Å². The van der Waals surface area contributed by atoms with Gasteiger partial charge >= 0.3 is 5.69 Å². The van der Waals surface area contributed by atoms with Gasteiger partial charge in [0, 0.05) is 12.4 Å². The smallest absolute Gasteiger partial charge is 0.329 e. The minimum atomic E-state index is -0.609. The van der Waals surface area contributed by atoms with Gasteiger partial charge in [-0.3, -0.25) is 19.1 Å². The number of furan rings is 1. The number of hydrogen-bond acceptors (Lipinski definition) is 4. The minimum absolute atomic E-state index is 0.183. The number of nitrogens with one attached hydrogen (secondary N) is 1. The van der Waals surface area contributed by atoms with Gasteiger partial charge in [-0.2, -0.15) is 0 Å². The standard InChI is InChI=1S/C21H19N3O4/c1-13(18-11-14-7-3-6-10-17(14)28-18)23(2)19(25)12-24-16-9-5-4-8-15(16)20(26)22-21(24)27/h3-11,13H,12H2,1-2H3,(H,22,26,27)/t13-/m0/s1. The molecule has 0 aliphatic heterocycles. The van der Waals surface area contributed by atoms with Crippen LogP contribution in [0, 0.1) is 0 Å². The molecule has 1 N–H and O–H groups in total. The Morgan fingerprint density at radius 2 is 1.86 bits per heavy atom. The van der Waals surface area contributed by atoms with Gasteiger partial charge in [0.25, 0.3) is 5.56 Å². The number of aromatic amines is 1. The number of amides is 1. The first-order valence-electron chi connectivity index (χ1n) is 8.91. The monoisotopic (exact) mass is 377 g/mol. The van der Waals surface area contributed by atoms with Crippen LogP contribution in [-0.4, -0.2) is 27.4 Å². The molecule has 28 heavy (non-hydrogen) atoms. The zero-order chi connectivity index (χ0) is 19.8. The molecule has 2 aromatic heterocycles. The van der Waals surface area contributed by atoms with Gasteiger partial charge in [0.15, 0.2) is 0 Å². The summed E-state index contributed by atoms with van der Waals surface area (Å²) in [6.45, 7) is 1.68. The molecule has 142 valence electrons. The number of H-pyrrole nitrogens is 1. The molecule has 7 nitrogen and oxygen atoms in total. The van der Waals surface area contributed by atoms with Crippen LogP contribution in [0.5, 0.6) is 0 Å². The van der Waals surface area contributed by atoms with Crippen molar-refractivity contribution >= 4 is 27.8 Å². The number of carbonyl (C=O) groups excluding carboxylic acids is 1. The number of rotatable bonds is 4. The maximum atomic E-state index is 12.9. The van der Waals surface area contributed by atoms with E-state index in [9.17, 15) is 14.4 Å². The molecule has 0 bridgehead atoms. The fourth-order valence-electron chi connectivity index (χ4n) is 3.26. The van der Waals surface area contributed by atoms with Gasteiger partial charge in [0.1, 0.15) is 17.9 Å². The molecule has 0 fully saturated rings. The highest BCUT2D eigenvalue weighted by Gasteiger charge is 2.22. The molecule has 1 atom stereocenters. The number of nitrogens with zero attached hydrogens (tertiary/aromatic N) is 2. The molecule has 1 amide bonds. The van der Waals surface area contributed by atoms with E-state index in [1.807, 2.05) is 37.3 Å². The number of hydrogen-bond donors (Lipinski definition) is 1. The van der Waals surface area contributed by atoms with Crippen molar-refractivity contribution in [1.29, 1.82) is 0 Å².